The highest BCUT2D eigenvalue weighted by molar-refractivity contribution is 6.38. The predicted octanol–water partition coefficient (Wildman–Crippen LogP) is 6.01. The lowest BCUT2D eigenvalue weighted by atomic mass is 9.88. The van der Waals surface area contributed by atoms with E-state index in [1.54, 1.807) is 12.1 Å². The van der Waals surface area contributed by atoms with Crippen LogP contribution >= 0.6 is 11.6 Å². The average Bonchev–Trinajstić information content (AvgIpc) is 3.55. The standard InChI is InChI=1S/C30H32ClFN4O2/c31-27-25-10-5-20(3-1-14-33)19-26(25)34-28(27)30(38)36-15-2-4-24(36)13-18-35-16-11-22(12-17-35)29(37)21-6-8-23(32)9-7-21/h5-10,19,22,24,34H,1-4,11-13,15-18H2. The van der Waals surface area contributed by atoms with Gasteiger partial charge in [0.05, 0.1) is 11.1 Å². The van der Waals surface area contributed by atoms with E-state index in [1.165, 1.54) is 12.1 Å². The van der Waals surface area contributed by atoms with Gasteiger partial charge in [-0.15, -0.1) is 0 Å². The number of hydrogen-bond acceptors (Lipinski definition) is 4. The van der Waals surface area contributed by atoms with Crippen LogP contribution in [0.25, 0.3) is 10.9 Å². The molecular formula is C30H32ClFN4O2. The fourth-order valence-electron chi connectivity index (χ4n) is 5.86. The van der Waals surface area contributed by atoms with Gasteiger partial charge in [0.2, 0.25) is 0 Å². The number of carbonyl (C=O) groups excluding carboxylic acids is 2. The van der Waals surface area contributed by atoms with Crippen LogP contribution in [-0.4, -0.2) is 58.7 Å². The van der Waals surface area contributed by atoms with Crippen LogP contribution < -0.4 is 0 Å². The zero-order chi connectivity index (χ0) is 26.6. The number of amides is 1. The minimum absolute atomic E-state index is 0.0224. The van der Waals surface area contributed by atoms with Gasteiger partial charge < -0.3 is 14.8 Å². The zero-order valence-corrected chi connectivity index (χ0v) is 22.1. The molecule has 198 valence electrons. The van der Waals surface area contributed by atoms with Crippen molar-refractivity contribution in [3.63, 3.8) is 0 Å². The summed E-state index contributed by atoms with van der Waals surface area (Å²) in [4.78, 5) is 33.9. The molecule has 38 heavy (non-hydrogen) atoms. The van der Waals surface area contributed by atoms with E-state index in [1.807, 2.05) is 23.1 Å². The van der Waals surface area contributed by atoms with Crippen molar-refractivity contribution in [3.05, 3.63) is 70.1 Å². The van der Waals surface area contributed by atoms with Crippen molar-refractivity contribution in [1.29, 1.82) is 5.26 Å². The largest absolute Gasteiger partial charge is 0.349 e. The smallest absolute Gasteiger partial charge is 0.272 e. The summed E-state index contributed by atoms with van der Waals surface area (Å²) in [5.41, 5.74) is 2.88. The summed E-state index contributed by atoms with van der Waals surface area (Å²) in [5.74, 6) is -0.310. The van der Waals surface area contributed by atoms with Crippen LogP contribution in [0.5, 0.6) is 0 Å². The zero-order valence-electron chi connectivity index (χ0n) is 21.4. The first-order valence-corrected chi connectivity index (χ1v) is 13.8. The SMILES string of the molecule is N#CCCc1ccc2c(Cl)c(C(=O)N3CCCC3CCN3CCC(C(=O)c4ccc(F)cc4)CC3)[nH]c2c1. The summed E-state index contributed by atoms with van der Waals surface area (Å²) in [7, 11) is 0. The minimum Gasteiger partial charge on any atom is -0.349 e. The van der Waals surface area contributed by atoms with E-state index in [9.17, 15) is 14.0 Å². The molecule has 2 aliphatic heterocycles. The summed E-state index contributed by atoms with van der Waals surface area (Å²) in [5, 5.41) is 10.1. The van der Waals surface area contributed by atoms with Gasteiger partial charge >= 0.3 is 0 Å². The fourth-order valence-corrected chi connectivity index (χ4v) is 6.15. The Morgan fingerprint density at radius 3 is 2.58 bits per heavy atom. The molecule has 3 heterocycles. The van der Waals surface area contributed by atoms with Crippen LogP contribution in [0.15, 0.2) is 42.5 Å². The Labute approximate surface area is 227 Å². The Bertz CT molecular complexity index is 1360. The number of benzene rings is 2. The molecule has 1 unspecified atom stereocenters. The Hall–Kier alpha value is -3.21. The maximum Gasteiger partial charge on any atom is 0.272 e. The molecule has 0 radical (unpaired) electrons. The molecule has 3 aromatic rings. The van der Waals surface area contributed by atoms with Gasteiger partial charge in [0.15, 0.2) is 5.78 Å². The number of aromatic nitrogens is 1. The van der Waals surface area contributed by atoms with Crippen LogP contribution in [0.4, 0.5) is 4.39 Å². The van der Waals surface area contributed by atoms with Crippen LogP contribution in [0.1, 0.15) is 64.9 Å². The molecule has 8 heteroatoms. The molecule has 0 aliphatic carbocycles. The summed E-state index contributed by atoms with van der Waals surface area (Å²) < 4.78 is 13.2. The van der Waals surface area contributed by atoms with E-state index < -0.39 is 0 Å². The molecule has 6 nitrogen and oxygen atoms in total. The molecule has 5 rings (SSSR count). The number of likely N-dealkylation sites (tertiary alicyclic amines) is 2. The summed E-state index contributed by atoms with van der Waals surface area (Å²) in [6, 6.07) is 14.0. The summed E-state index contributed by atoms with van der Waals surface area (Å²) in [6.45, 7) is 3.30. The number of aromatic amines is 1. The van der Waals surface area contributed by atoms with Crippen molar-refractivity contribution in [2.45, 2.75) is 51.0 Å². The number of rotatable bonds is 8. The minimum atomic E-state index is -0.330. The molecule has 2 aromatic carbocycles. The van der Waals surface area contributed by atoms with E-state index in [-0.39, 0.29) is 29.5 Å². The van der Waals surface area contributed by atoms with Crippen LogP contribution in [0.2, 0.25) is 5.02 Å². The highest BCUT2D eigenvalue weighted by Gasteiger charge is 2.33. The normalized spacial score (nSPS) is 18.7. The van der Waals surface area contributed by atoms with Crippen LogP contribution in [0.3, 0.4) is 0 Å². The Balaban J connectivity index is 1.17. The number of carbonyl (C=O) groups is 2. The van der Waals surface area contributed by atoms with E-state index >= 15 is 0 Å². The molecule has 1 amide bonds. The molecular weight excluding hydrogens is 503 g/mol. The van der Waals surface area contributed by atoms with E-state index in [4.69, 9.17) is 16.9 Å². The Morgan fingerprint density at radius 2 is 1.84 bits per heavy atom. The molecule has 2 saturated heterocycles. The molecule has 1 N–H and O–H groups in total. The monoisotopic (exact) mass is 534 g/mol. The van der Waals surface area contributed by atoms with E-state index in [0.29, 0.717) is 29.1 Å². The maximum absolute atomic E-state index is 13.5. The van der Waals surface area contributed by atoms with Crippen molar-refractivity contribution in [2.24, 2.45) is 5.92 Å². The molecule has 1 aromatic heterocycles. The number of ketones is 1. The number of Topliss-reactive ketones (excluding diaryl/α,β-unsaturated/α-hetero) is 1. The van der Waals surface area contributed by atoms with E-state index in [2.05, 4.69) is 16.0 Å². The van der Waals surface area contributed by atoms with Gasteiger partial charge in [-0.05, 0) is 87.5 Å². The van der Waals surface area contributed by atoms with Crippen molar-refractivity contribution in [2.75, 3.05) is 26.2 Å². The summed E-state index contributed by atoms with van der Waals surface area (Å²) >= 11 is 6.64. The number of H-pyrrole nitrogens is 1. The number of halogens is 2. The van der Waals surface area contributed by atoms with E-state index in [0.717, 1.165) is 74.7 Å². The second-order valence-corrected chi connectivity index (χ2v) is 10.8. The molecule has 0 bridgehead atoms. The quantitative estimate of drug-likeness (QED) is 0.359. The van der Waals surface area contributed by atoms with Gasteiger partial charge in [-0.1, -0.05) is 23.7 Å². The average molecular weight is 535 g/mol. The van der Waals surface area contributed by atoms with Gasteiger partial charge in [0, 0.05) is 47.9 Å². The Kier molecular flexibility index (Phi) is 8.11. The first-order chi connectivity index (χ1) is 18.4. The third-order valence-electron chi connectivity index (χ3n) is 8.04. The van der Waals surface area contributed by atoms with Gasteiger partial charge in [0.1, 0.15) is 11.5 Å². The lowest BCUT2D eigenvalue weighted by Gasteiger charge is -2.33. The fraction of sp³-hybridized carbons (Fsp3) is 0.433. The number of nitrogens with one attached hydrogen (secondary N) is 1. The van der Waals surface area contributed by atoms with Crippen molar-refractivity contribution < 1.29 is 14.0 Å². The van der Waals surface area contributed by atoms with Gasteiger partial charge in [-0.25, -0.2) is 4.39 Å². The number of nitriles is 1. The lowest BCUT2D eigenvalue weighted by molar-refractivity contribution is 0.0700. The van der Waals surface area contributed by atoms with Gasteiger partial charge in [0.25, 0.3) is 5.91 Å². The molecule has 0 saturated carbocycles. The number of nitrogens with zero attached hydrogens (tertiary/aromatic N) is 3. The molecule has 2 aliphatic rings. The number of fused-ring (bicyclic) bond motifs is 1. The second kappa shape index (κ2) is 11.7. The third kappa shape index (κ3) is 5.62. The second-order valence-electron chi connectivity index (χ2n) is 10.4. The maximum atomic E-state index is 13.5. The third-order valence-corrected chi connectivity index (χ3v) is 8.44. The number of aryl methyl sites for hydroxylation is 1. The van der Waals surface area contributed by atoms with Crippen molar-refractivity contribution in [3.8, 4) is 6.07 Å². The lowest BCUT2D eigenvalue weighted by Crippen LogP contribution is -2.41. The number of piperidine rings is 1. The van der Waals surface area contributed by atoms with Crippen LogP contribution in [-0.2, 0) is 6.42 Å². The first-order valence-electron chi connectivity index (χ1n) is 13.4. The van der Waals surface area contributed by atoms with Crippen molar-refractivity contribution in [1.82, 2.24) is 14.8 Å². The number of hydrogen-bond donors (Lipinski definition) is 1. The molecule has 2 fully saturated rings. The predicted molar refractivity (Wildman–Crippen MR) is 146 cm³/mol. The first kappa shape index (κ1) is 26.4. The van der Waals surface area contributed by atoms with Crippen LogP contribution in [0, 0.1) is 23.1 Å². The highest BCUT2D eigenvalue weighted by Crippen LogP contribution is 2.32. The molecule has 0 spiro atoms. The highest BCUT2D eigenvalue weighted by atomic mass is 35.5. The van der Waals surface area contributed by atoms with Gasteiger partial charge in [-0.3, -0.25) is 9.59 Å². The van der Waals surface area contributed by atoms with Crippen molar-refractivity contribution >= 4 is 34.2 Å². The summed E-state index contributed by atoms with van der Waals surface area (Å²) in [6.07, 6.45) is 5.54. The topological polar surface area (TPSA) is 80.2 Å². The Morgan fingerprint density at radius 1 is 1.08 bits per heavy atom. The van der Waals surface area contributed by atoms with Gasteiger partial charge in [-0.2, -0.15) is 5.26 Å². The molecule has 1 atom stereocenters.